The molecule has 4 nitrogen and oxygen atoms in total. The van der Waals surface area contributed by atoms with Crippen LogP contribution in [0.25, 0.3) is 0 Å². The van der Waals surface area contributed by atoms with Crippen molar-refractivity contribution in [2.75, 3.05) is 0 Å². The molecule has 1 atom stereocenters. The zero-order valence-electron chi connectivity index (χ0n) is 9.18. The van der Waals surface area contributed by atoms with Crippen LogP contribution in [0.15, 0.2) is 41.1 Å². The Morgan fingerprint density at radius 3 is 2.94 bits per heavy atom. The number of nitrogens with zero attached hydrogens (tertiary/aromatic N) is 1. The first-order valence-electron chi connectivity index (χ1n) is 5.30. The molecule has 0 radical (unpaired) electrons. The molecule has 16 heavy (non-hydrogen) atoms. The maximum Gasteiger partial charge on any atom is 0.128 e. The Hall–Kier alpha value is -1.65. The van der Waals surface area contributed by atoms with Gasteiger partial charge in [-0.15, -0.1) is 0 Å². The molecule has 2 heterocycles. The maximum atomic E-state index is 5.57. The van der Waals surface area contributed by atoms with E-state index in [1.165, 1.54) is 5.56 Å². The van der Waals surface area contributed by atoms with Gasteiger partial charge in [-0.25, -0.2) is 5.43 Å². The van der Waals surface area contributed by atoms with E-state index in [1.807, 2.05) is 18.2 Å². The molecule has 0 saturated heterocycles. The third kappa shape index (κ3) is 1.98. The Bertz CT molecular complexity index is 439. The molecular weight excluding hydrogens is 202 g/mol. The standard InChI is InChI=1S/C12H15N3O/c1-2-9-5-3-7-14-11(9)12(15-13)10-6-4-8-16-10/h3-8,12,15H,2,13H2,1H3. The van der Waals surface area contributed by atoms with Crippen molar-refractivity contribution in [3.05, 3.63) is 53.7 Å². The van der Waals surface area contributed by atoms with Crippen molar-refractivity contribution in [3.63, 3.8) is 0 Å². The first-order chi connectivity index (χ1) is 7.86. The van der Waals surface area contributed by atoms with Crippen molar-refractivity contribution in [2.24, 2.45) is 5.84 Å². The molecule has 0 fully saturated rings. The molecule has 2 rings (SSSR count). The van der Waals surface area contributed by atoms with E-state index in [1.54, 1.807) is 12.5 Å². The van der Waals surface area contributed by atoms with Crippen LogP contribution in [0.2, 0.25) is 0 Å². The number of furan rings is 1. The Balaban J connectivity index is 2.41. The third-order valence-electron chi connectivity index (χ3n) is 2.57. The number of aromatic nitrogens is 1. The summed E-state index contributed by atoms with van der Waals surface area (Å²) >= 11 is 0. The monoisotopic (exact) mass is 217 g/mol. The highest BCUT2D eigenvalue weighted by Crippen LogP contribution is 2.22. The second kappa shape index (κ2) is 4.92. The fourth-order valence-corrected chi connectivity index (χ4v) is 1.76. The van der Waals surface area contributed by atoms with Gasteiger partial charge in [-0.05, 0) is 30.2 Å². The van der Waals surface area contributed by atoms with Gasteiger partial charge in [0.25, 0.3) is 0 Å². The summed E-state index contributed by atoms with van der Waals surface area (Å²) in [4.78, 5) is 4.37. The lowest BCUT2D eigenvalue weighted by Crippen LogP contribution is -2.30. The van der Waals surface area contributed by atoms with Crippen LogP contribution in [0.5, 0.6) is 0 Å². The van der Waals surface area contributed by atoms with Crippen LogP contribution >= 0.6 is 0 Å². The van der Waals surface area contributed by atoms with E-state index in [4.69, 9.17) is 10.3 Å². The smallest absolute Gasteiger partial charge is 0.128 e. The third-order valence-corrected chi connectivity index (χ3v) is 2.57. The second-order valence-corrected chi connectivity index (χ2v) is 3.52. The molecule has 84 valence electrons. The molecule has 2 aromatic heterocycles. The molecule has 2 aromatic rings. The van der Waals surface area contributed by atoms with Crippen LogP contribution in [-0.2, 0) is 6.42 Å². The van der Waals surface area contributed by atoms with Crippen molar-refractivity contribution in [2.45, 2.75) is 19.4 Å². The Kier molecular flexibility index (Phi) is 3.34. The molecule has 0 amide bonds. The topological polar surface area (TPSA) is 64.1 Å². The molecule has 0 aliphatic heterocycles. The summed E-state index contributed by atoms with van der Waals surface area (Å²) in [5.41, 5.74) is 4.83. The van der Waals surface area contributed by atoms with Gasteiger partial charge in [0.15, 0.2) is 0 Å². The zero-order chi connectivity index (χ0) is 11.4. The van der Waals surface area contributed by atoms with E-state index < -0.39 is 0 Å². The van der Waals surface area contributed by atoms with Crippen LogP contribution in [0.4, 0.5) is 0 Å². The Labute approximate surface area is 94.5 Å². The van der Waals surface area contributed by atoms with Gasteiger partial charge < -0.3 is 4.42 Å². The highest BCUT2D eigenvalue weighted by molar-refractivity contribution is 5.28. The summed E-state index contributed by atoms with van der Waals surface area (Å²) in [5, 5.41) is 0. The lowest BCUT2D eigenvalue weighted by molar-refractivity contribution is 0.445. The molecule has 4 heteroatoms. The summed E-state index contributed by atoms with van der Waals surface area (Å²) in [6.07, 6.45) is 4.32. The van der Waals surface area contributed by atoms with Crippen LogP contribution in [0.3, 0.4) is 0 Å². The van der Waals surface area contributed by atoms with Crippen molar-refractivity contribution < 1.29 is 4.42 Å². The highest BCUT2D eigenvalue weighted by Gasteiger charge is 2.18. The number of hydrogen-bond donors (Lipinski definition) is 2. The minimum atomic E-state index is -0.189. The fourth-order valence-electron chi connectivity index (χ4n) is 1.76. The van der Waals surface area contributed by atoms with Gasteiger partial charge in [0.2, 0.25) is 0 Å². The van der Waals surface area contributed by atoms with E-state index in [-0.39, 0.29) is 6.04 Å². The van der Waals surface area contributed by atoms with Gasteiger partial charge in [0.1, 0.15) is 11.8 Å². The van der Waals surface area contributed by atoms with Gasteiger partial charge >= 0.3 is 0 Å². The van der Waals surface area contributed by atoms with Gasteiger partial charge in [-0.2, -0.15) is 0 Å². The number of nitrogens with two attached hydrogens (primary N) is 1. The fraction of sp³-hybridized carbons (Fsp3) is 0.250. The SMILES string of the molecule is CCc1cccnc1C(NN)c1ccco1. The van der Waals surface area contributed by atoms with Crippen LogP contribution in [0.1, 0.15) is 30.0 Å². The first-order valence-corrected chi connectivity index (χ1v) is 5.30. The van der Waals surface area contributed by atoms with E-state index in [2.05, 4.69) is 23.4 Å². The number of hydrogen-bond acceptors (Lipinski definition) is 4. The predicted molar refractivity (Wildman–Crippen MR) is 61.5 cm³/mol. The summed E-state index contributed by atoms with van der Waals surface area (Å²) in [5.74, 6) is 6.34. The summed E-state index contributed by atoms with van der Waals surface area (Å²) in [6.45, 7) is 2.09. The summed E-state index contributed by atoms with van der Waals surface area (Å²) < 4.78 is 5.36. The number of hydrazine groups is 1. The summed E-state index contributed by atoms with van der Waals surface area (Å²) in [7, 11) is 0. The van der Waals surface area contributed by atoms with Gasteiger partial charge in [0.05, 0.1) is 12.0 Å². The van der Waals surface area contributed by atoms with Crippen molar-refractivity contribution >= 4 is 0 Å². The minimum absolute atomic E-state index is 0.189. The van der Waals surface area contributed by atoms with E-state index in [0.717, 1.165) is 17.9 Å². The van der Waals surface area contributed by atoms with E-state index in [0.29, 0.717) is 0 Å². The minimum Gasteiger partial charge on any atom is -0.467 e. The zero-order valence-corrected chi connectivity index (χ0v) is 9.18. The predicted octanol–water partition coefficient (Wildman–Crippen LogP) is 1.79. The number of nitrogens with one attached hydrogen (secondary N) is 1. The van der Waals surface area contributed by atoms with E-state index >= 15 is 0 Å². The quantitative estimate of drug-likeness (QED) is 0.605. The van der Waals surface area contributed by atoms with Gasteiger partial charge in [0, 0.05) is 6.20 Å². The second-order valence-electron chi connectivity index (χ2n) is 3.52. The van der Waals surface area contributed by atoms with Crippen molar-refractivity contribution in [1.82, 2.24) is 10.4 Å². The molecular formula is C12H15N3O. The van der Waals surface area contributed by atoms with Crippen molar-refractivity contribution in [3.8, 4) is 0 Å². The average molecular weight is 217 g/mol. The maximum absolute atomic E-state index is 5.57. The lowest BCUT2D eigenvalue weighted by atomic mass is 10.0. The first kappa shape index (κ1) is 10.9. The summed E-state index contributed by atoms with van der Waals surface area (Å²) in [6, 6.07) is 7.52. The Morgan fingerprint density at radius 2 is 2.31 bits per heavy atom. The average Bonchev–Trinajstić information content (AvgIpc) is 2.84. The van der Waals surface area contributed by atoms with E-state index in [9.17, 15) is 0 Å². The largest absolute Gasteiger partial charge is 0.467 e. The molecule has 0 spiro atoms. The number of aryl methyl sites for hydroxylation is 1. The van der Waals surface area contributed by atoms with Gasteiger partial charge in [-0.3, -0.25) is 10.8 Å². The van der Waals surface area contributed by atoms with Crippen LogP contribution < -0.4 is 11.3 Å². The lowest BCUT2D eigenvalue weighted by Gasteiger charge is -2.15. The molecule has 0 saturated carbocycles. The molecule has 0 bridgehead atoms. The Morgan fingerprint density at radius 1 is 1.44 bits per heavy atom. The highest BCUT2D eigenvalue weighted by atomic mass is 16.3. The van der Waals surface area contributed by atoms with Gasteiger partial charge in [-0.1, -0.05) is 13.0 Å². The van der Waals surface area contributed by atoms with Crippen LogP contribution in [0, 0.1) is 0 Å². The molecule has 1 unspecified atom stereocenters. The number of rotatable bonds is 4. The van der Waals surface area contributed by atoms with Crippen LogP contribution in [-0.4, -0.2) is 4.98 Å². The molecule has 0 aliphatic rings. The number of pyridine rings is 1. The normalized spacial score (nSPS) is 12.6. The van der Waals surface area contributed by atoms with Crippen molar-refractivity contribution in [1.29, 1.82) is 0 Å². The molecule has 0 aromatic carbocycles. The molecule has 3 N–H and O–H groups in total. The molecule has 0 aliphatic carbocycles.